The van der Waals surface area contributed by atoms with Crippen molar-refractivity contribution in [3.05, 3.63) is 102 Å². The number of likely N-dealkylation sites (tertiary alicyclic amines) is 1. The van der Waals surface area contributed by atoms with Gasteiger partial charge >= 0.3 is 0 Å². The largest absolute Gasteiger partial charge is 0.507 e. The van der Waals surface area contributed by atoms with E-state index in [-0.39, 0.29) is 24.7 Å². The maximum Gasteiger partial charge on any atom is 0.296 e. The molecule has 1 unspecified atom stereocenters. The molecular formula is C27H19NO6. The number of aliphatic hydroxyl groups is 1. The number of Topliss-reactive ketones (excluding diaryl/α,β-unsaturated/α-hetero) is 1. The van der Waals surface area contributed by atoms with Gasteiger partial charge in [-0.2, -0.15) is 0 Å². The third-order valence-corrected chi connectivity index (χ3v) is 6.19. The Balaban J connectivity index is 1.48. The second kappa shape index (κ2) is 7.81. The van der Waals surface area contributed by atoms with Crippen LogP contribution in [-0.4, -0.2) is 28.5 Å². The van der Waals surface area contributed by atoms with E-state index in [0.29, 0.717) is 22.8 Å². The van der Waals surface area contributed by atoms with Crippen LogP contribution in [0.25, 0.3) is 16.5 Å². The van der Waals surface area contributed by atoms with Crippen molar-refractivity contribution in [3.63, 3.8) is 0 Å². The van der Waals surface area contributed by atoms with Gasteiger partial charge in [-0.25, -0.2) is 0 Å². The van der Waals surface area contributed by atoms with Crippen LogP contribution in [0.3, 0.4) is 0 Å². The Hall–Kier alpha value is -4.52. The molecule has 1 N–H and O–H groups in total. The summed E-state index contributed by atoms with van der Waals surface area (Å²) in [5.41, 5.74) is 1.24. The summed E-state index contributed by atoms with van der Waals surface area (Å²) >= 11 is 0. The van der Waals surface area contributed by atoms with Crippen LogP contribution in [0.15, 0.2) is 89.0 Å². The fraction of sp³-hybridized carbons (Fsp3) is 0.111. The van der Waals surface area contributed by atoms with Crippen LogP contribution in [0.5, 0.6) is 11.5 Å². The fourth-order valence-corrected chi connectivity index (χ4v) is 4.60. The van der Waals surface area contributed by atoms with Crippen LogP contribution in [0.2, 0.25) is 0 Å². The predicted octanol–water partition coefficient (Wildman–Crippen LogP) is 4.78. The Morgan fingerprint density at radius 2 is 1.76 bits per heavy atom. The third kappa shape index (κ3) is 3.13. The monoisotopic (exact) mass is 453 g/mol. The molecule has 1 saturated heterocycles. The molecule has 7 heteroatoms. The first kappa shape index (κ1) is 20.1. The maximum absolute atomic E-state index is 13.3. The van der Waals surface area contributed by atoms with Crippen LogP contribution >= 0.6 is 0 Å². The number of carbonyl (C=O) groups is 2. The lowest BCUT2D eigenvalue weighted by Gasteiger charge is -2.23. The van der Waals surface area contributed by atoms with Crippen molar-refractivity contribution in [2.75, 3.05) is 6.79 Å². The summed E-state index contributed by atoms with van der Waals surface area (Å²) in [5.74, 6) is -0.0939. The molecule has 2 aliphatic rings. The van der Waals surface area contributed by atoms with E-state index in [9.17, 15) is 14.7 Å². The standard InChI is InChI=1S/C27H19NO6/c29-25(19-8-3-6-17-5-1-2-7-18(17)19)23-24(21-9-4-12-32-21)28(27(31)26(23)30)14-16-10-11-20-22(13-16)34-15-33-20/h1-13,24,29H,14-15H2/b25-23-. The third-order valence-electron chi connectivity index (χ3n) is 6.19. The van der Waals surface area contributed by atoms with Gasteiger partial charge < -0.3 is 23.9 Å². The van der Waals surface area contributed by atoms with Crippen LogP contribution in [0.4, 0.5) is 0 Å². The summed E-state index contributed by atoms with van der Waals surface area (Å²) in [7, 11) is 0. The van der Waals surface area contributed by atoms with Gasteiger partial charge in [0.1, 0.15) is 17.6 Å². The minimum absolute atomic E-state index is 0.00273. The lowest BCUT2D eigenvalue weighted by atomic mass is 9.96. The number of hydrogen-bond donors (Lipinski definition) is 1. The molecule has 1 amide bonds. The minimum Gasteiger partial charge on any atom is -0.507 e. The first-order valence-corrected chi connectivity index (χ1v) is 10.8. The minimum atomic E-state index is -0.876. The Kier molecular flexibility index (Phi) is 4.62. The SMILES string of the molecule is O=C1C(=O)N(Cc2ccc3c(c2)OCO3)C(c2ccco2)/C1=C(/O)c1cccc2ccccc12. The highest BCUT2D eigenvalue weighted by molar-refractivity contribution is 6.46. The van der Waals surface area contributed by atoms with E-state index in [1.165, 1.54) is 11.2 Å². The molecule has 0 aliphatic carbocycles. The molecule has 2 aliphatic heterocycles. The normalized spacial score (nSPS) is 18.7. The van der Waals surface area contributed by atoms with Crippen LogP contribution in [-0.2, 0) is 16.1 Å². The predicted molar refractivity (Wildman–Crippen MR) is 123 cm³/mol. The van der Waals surface area contributed by atoms with E-state index in [0.717, 1.165) is 16.3 Å². The molecule has 1 aromatic heterocycles. The van der Waals surface area contributed by atoms with Gasteiger partial charge in [0.25, 0.3) is 11.7 Å². The van der Waals surface area contributed by atoms with Crippen molar-refractivity contribution < 1.29 is 28.6 Å². The number of ketones is 1. The number of rotatable bonds is 4. The van der Waals surface area contributed by atoms with E-state index in [1.807, 2.05) is 42.5 Å². The average molecular weight is 453 g/mol. The number of carbonyl (C=O) groups excluding carboxylic acids is 2. The van der Waals surface area contributed by atoms with Crippen LogP contribution in [0, 0.1) is 0 Å². The van der Waals surface area contributed by atoms with Gasteiger partial charge in [0.2, 0.25) is 6.79 Å². The van der Waals surface area contributed by atoms with E-state index in [1.54, 1.807) is 30.3 Å². The van der Waals surface area contributed by atoms with E-state index >= 15 is 0 Å². The zero-order valence-corrected chi connectivity index (χ0v) is 17.9. The lowest BCUT2D eigenvalue weighted by molar-refractivity contribution is -0.140. The van der Waals surface area contributed by atoms with Crippen LogP contribution < -0.4 is 9.47 Å². The van der Waals surface area contributed by atoms with Gasteiger partial charge in [-0.1, -0.05) is 48.5 Å². The van der Waals surface area contributed by atoms with E-state index in [2.05, 4.69) is 0 Å². The van der Waals surface area contributed by atoms with Crippen molar-refractivity contribution >= 4 is 28.2 Å². The molecule has 1 atom stereocenters. The zero-order chi connectivity index (χ0) is 23.2. The Bertz CT molecular complexity index is 1460. The number of nitrogens with zero attached hydrogens (tertiary/aromatic N) is 1. The summed E-state index contributed by atoms with van der Waals surface area (Å²) in [4.78, 5) is 27.9. The maximum atomic E-state index is 13.3. The summed E-state index contributed by atoms with van der Waals surface area (Å²) in [6, 6.07) is 20.9. The Morgan fingerprint density at radius 1 is 0.941 bits per heavy atom. The summed E-state index contributed by atoms with van der Waals surface area (Å²) in [6.07, 6.45) is 1.48. The Labute approximate surface area is 194 Å². The summed E-state index contributed by atoms with van der Waals surface area (Å²) in [6.45, 7) is 0.264. The molecule has 3 heterocycles. The second-order valence-electron chi connectivity index (χ2n) is 8.16. The second-order valence-corrected chi connectivity index (χ2v) is 8.16. The highest BCUT2D eigenvalue weighted by atomic mass is 16.7. The molecule has 4 aromatic rings. The van der Waals surface area contributed by atoms with Gasteiger partial charge in [0.15, 0.2) is 11.5 Å². The van der Waals surface area contributed by atoms with Gasteiger partial charge in [0.05, 0.1) is 11.8 Å². The zero-order valence-electron chi connectivity index (χ0n) is 17.9. The highest BCUT2D eigenvalue weighted by Gasteiger charge is 2.47. The number of ether oxygens (including phenoxy) is 2. The summed E-state index contributed by atoms with van der Waals surface area (Å²) in [5, 5.41) is 13.1. The molecule has 3 aromatic carbocycles. The van der Waals surface area contributed by atoms with Gasteiger partial charge in [-0.05, 0) is 40.6 Å². The molecule has 6 rings (SSSR count). The summed E-state index contributed by atoms with van der Waals surface area (Å²) < 4.78 is 16.4. The molecular weight excluding hydrogens is 434 g/mol. The topological polar surface area (TPSA) is 89.2 Å². The number of hydrogen-bond acceptors (Lipinski definition) is 6. The van der Waals surface area contributed by atoms with Gasteiger partial charge in [0, 0.05) is 12.1 Å². The number of benzene rings is 3. The first-order chi connectivity index (χ1) is 16.6. The molecule has 1 fully saturated rings. The van der Waals surface area contributed by atoms with Crippen molar-refractivity contribution in [3.8, 4) is 11.5 Å². The molecule has 0 saturated carbocycles. The van der Waals surface area contributed by atoms with Gasteiger partial charge in [-0.15, -0.1) is 0 Å². The first-order valence-electron chi connectivity index (χ1n) is 10.8. The van der Waals surface area contributed by atoms with Gasteiger partial charge in [-0.3, -0.25) is 9.59 Å². The Morgan fingerprint density at radius 3 is 2.62 bits per heavy atom. The van der Waals surface area contributed by atoms with E-state index < -0.39 is 17.7 Å². The highest BCUT2D eigenvalue weighted by Crippen LogP contribution is 2.42. The van der Waals surface area contributed by atoms with Crippen molar-refractivity contribution in [2.45, 2.75) is 12.6 Å². The molecule has 168 valence electrons. The smallest absolute Gasteiger partial charge is 0.296 e. The van der Waals surface area contributed by atoms with Crippen molar-refractivity contribution in [1.29, 1.82) is 0 Å². The molecule has 0 radical (unpaired) electrons. The fourth-order valence-electron chi connectivity index (χ4n) is 4.60. The van der Waals surface area contributed by atoms with E-state index in [4.69, 9.17) is 13.9 Å². The van der Waals surface area contributed by atoms with Crippen LogP contribution in [0.1, 0.15) is 22.9 Å². The molecule has 0 spiro atoms. The number of fused-ring (bicyclic) bond motifs is 2. The van der Waals surface area contributed by atoms with Crippen molar-refractivity contribution in [2.24, 2.45) is 0 Å². The number of furan rings is 1. The lowest BCUT2D eigenvalue weighted by Crippen LogP contribution is -2.29. The van der Waals surface area contributed by atoms with Crippen molar-refractivity contribution in [1.82, 2.24) is 4.90 Å². The number of amides is 1. The molecule has 0 bridgehead atoms. The quantitative estimate of drug-likeness (QED) is 0.272. The molecule has 7 nitrogen and oxygen atoms in total. The average Bonchev–Trinajstić information content (AvgIpc) is 3.60. The molecule has 34 heavy (non-hydrogen) atoms. The number of aliphatic hydroxyl groups excluding tert-OH is 1.